The van der Waals surface area contributed by atoms with Crippen LogP contribution < -0.4 is 10.6 Å². The van der Waals surface area contributed by atoms with E-state index in [0.29, 0.717) is 0 Å². The lowest BCUT2D eigenvalue weighted by molar-refractivity contribution is -0.150. The SMILES string of the molecule is O=C(COC(=O)C[C@@H]1Sc2ccccc2NC1=O)NC12CC3CC(CC(C3)C1)C2. The summed E-state index contributed by atoms with van der Waals surface area (Å²) >= 11 is 1.36. The molecule has 0 spiro atoms. The molecule has 4 aliphatic carbocycles. The van der Waals surface area contributed by atoms with Gasteiger partial charge in [0.15, 0.2) is 6.61 Å². The Morgan fingerprint density at radius 1 is 1.10 bits per heavy atom. The lowest BCUT2D eigenvalue weighted by Crippen LogP contribution is -2.60. The van der Waals surface area contributed by atoms with Gasteiger partial charge in [0.1, 0.15) is 0 Å². The molecular formula is C22H26N2O4S. The van der Waals surface area contributed by atoms with Gasteiger partial charge in [0.05, 0.1) is 17.4 Å². The molecule has 1 aliphatic heterocycles. The molecule has 0 saturated heterocycles. The van der Waals surface area contributed by atoms with E-state index in [0.717, 1.165) is 47.6 Å². The van der Waals surface area contributed by atoms with Gasteiger partial charge >= 0.3 is 5.97 Å². The molecule has 154 valence electrons. The first-order valence-electron chi connectivity index (χ1n) is 10.5. The van der Waals surface area contributed by atoms with Crippen LogP contribution in [0.4, 0.5) is 5.69 Å². The van der Waals surface area contributed by atoms with E-state index in [1.165, 1.54) is 31.0 Å². The standard InChI is InChI=1S/C22H26N2O4S/c25-19(24-22-9-13-5-14(10-22)7-15(6-13)11-22)12-28-20(26)8-18-21(27)23-16-3-1-2-4-17(16)29-18/h1-4,13-15,18H,5-12H2,(H,23,27)(H,24,25)/t13?,14?,15?,18-,22?/m0/s1. The maximum atomic E-state index is 12.5. The fourth-order valence-electron chi connectivity index (χ4n) is 6.18. The Labute approximate surface area is 174 Å². The molecule has 1 aromatic rings. The van der Waals surface area contributed by atoms with Gasteiger partial charge < -0.3 is 15.4 Å². The van der Waals surface area contributed by atoms with E-state index in [2.05, 4.69) is 10.6 Å². The van der Waals surface area contributed by atoms with Crippen molar-refractivity contribution in [1.82, 2.24) is 5.32 Å². The zero-order valence-corrected chi connectivity index (χ0v) is 17.1. The van der Waals surface area contributed by atoms with E-state index in [4.69, 9.17) is 4.74 Å². The second-order valence-electron chi connectivity index (χ2n) is 9.20. The van der Waals surface area contributed by atoms with Crippen molar-refractivity contribution in [3.05, 3.63) is 24.3 Å². The molecule has 2 amide bonds. The third-order valence-corrected chi connectivity index (χ3v) is 8.14. The van der Waals surface area contributed by atoms with Crippen molar-refractivity contribution in [2.75, 3.05) is 11.9 Å². The molecule has 4 bridgehead atoms. The number of carbonyl (C=O) groups excluding carboxylic acids is 3. The first-order chi connectivity index (χ1) is 14.0. The molecule has 4 saturated carbocycles. The molecule has 6 nitrogen and oxygen atoms in total. The predicted octanol–water partition coefficient (Wildman–Crippen LogP) is 3.12. The van der Waals surface area contributed by atoms with E-state index in [9.17, 15) is 14.4 Å². The van der Waals surface area contributed by atoms with Gasteiger partial charge in [0, 0.05) is 10.4 Å². The van der Waals surface area contributed by atoms with Crippen molar-refractivity contribution >= 4 is 35.2 Å². The molecule has 6 rings (SSSR count). The number of thioether (sulfide) groups is 1. The zero-order chi connectivity index (χ0) is 20.0. The summed E-state index contributed by atoms with van der Waals surface area (Å²) in [7, 11) is 0. The highest BCUT2D eigenvalue weighted by molar-refractivity contribution is 8.01. The predicted molar refractivity (Wildman–Crippen MR) is 109 cm³/mol. The van der Waals surface area contributed by atoms with E-state index in [-0.39, 0.29) is 30.4 Å². The van der Waals surface area contributed by atoms with Crippen molar-refractivity contribution in [3.8, 4) is 0 Å². The number of carbonyl (C=O) groups is 3. The number of esters is 1. The summed E-state index contributed by atoms with van der Waals surface area (Å²) < 4.78 is 5.21. The first kappa shape index (κ1) is 19.0. The number of hydrogen-bond acceptors (Lipinski definition) is 5. The van der Waals surface area contributed by atoms with Crippen molar-refractivity contribution in [2.45, 2.75) is 60.6 Å². The molecule has 0 unspecified atom stereocenters. The number of benzene rings is 1. The van der Waals surface area contributed by atoms with Gasteiger partial charge in [-0.3, -0.25) is 14.4 Å². The molecule has 0 radical (unpaired) electrons. The number of ether oxygens (including phenoxy) is 1. The van der Waals surface area contributed by atoms with Crippen LogP contribution in [0.1, 0.15) is 44.9 Å². The van der Waals surface area contributed by atoms with Gasteiger partial charge in [-0.25, -0.2) is 0 Å². The lowest BCUT2D eigenvalue weighted by atomic mass is 9.53. The van der Waals surface area contributed by atoms with Crippen LogP contribution in [0, 0.1) is 17.8 Å². The Kier molecular flexibility index (Phi) is 4.81. The summed E-state index contributed by atoms with van der Waals surface area (Å²) in [5.41, 5.74) is 0.684. The third kappa shape index (κ3) is 3.89. The summed E-state index contributed by atoms with van der Waals surface area (Å²) in [4.78, 5) is 37.9. The largest absolute Gasteiger partial charge is 0.456 e. The van der Waals surface area contributed by atoms with Crippen LogP contribution in [0.15, 0.2) is 29.2 Å². The number of hydrogen-bond donors (Lipinski definition) is 2. The van der Waals surface area contributed by atoms with Crippen molar-refractivity contribution in [3.63, 3.8) is 0 Å². The van der Waals surface area contributed by atoms with Crippen LogP contribution in [0.2, 0.25) is 0 Å². The van der Waals surface area contributed by atoms with Gasteiger partial charge in [-0.1, -0.05) is 12.1 Å². The van der Waals surface area contributed by atoms with E-state index >= 15 is 0 Å². The number of anilines is 1. The normalized spacial score (nSPS) is 34.3. The minimum Gasteiger partial charge on any atom is -0.456 e. The Morgan fingerprint density at radius 2 is 1.76 bits per heavy atom. The van der Waals surface area contributed by atoms with Gasteiger partial charge in [-0.05, 0) is 68.4 Å². The van der Waals surface area contributed by atoms with E-state index in [1.807, 2.05) is 24.3 Å². The van der Waals surface area contributed by atoms with Gasteiger partial charge in [0.25, 0.3) is 5.91 Å². The van der Waals surface area contributed by atoms with Crippen LogP contribution in [0.3, 0.4) is 0 Å². The third-order valence-electron chi connectivity index (χ3n) is 6.87. The number of para-hydroxylation sites is 1. The van der Waals surface area contributed by atoms with Crippen LogP contribution in [-0.4, -0.2) is 35.2 Å². The minimum absolute atomic E-state index is 0.0462. The first-order valence-corrected chi connectivity index (χ1v) is 11.4. The maximum Gasteiger partial charge on any atom is 0.307 e. The molecule has 4 fully saturated rings. The maximum absolute atomic E-state index is 12.5. The van der Waals surface area contributed by atoms with Crippen molar-refractivity contribution in [2.24, 2.45) is 17.8 Å². The smallest absolute Gasteiger partial charge is 0.307 e. The summed E-state index contributed by atoms with van der Waals surface area (Å²) in [5.74, 6) is 1.30. The molecule has 29 heavy (non-hydrogen) atoms. The monoisotopic (exact) mass is 414 g/mol. The molecule has 1 aromatic carbocycles. The molecule has 2 N–H and O–H groups in total. The van der Waals surface area contributed by atoms with Gasteiger partial charge in [0.2, 0.25) is 5.91 Å². The minimum atomic E-state index is -0.538. The van der Waals surface area contributed by atoms with Crippen molar-refractivity contribution in [1.29, 1.82) is 0 Å². The molecule has 7 heteroatoms. The second-order valence-corrected chi connectivity index (χ2v) is 10.4. The van der Waals surface area contributed by atoms with Crippen LogP contribution >= 0.6 is 11.8 Å². The molecule has 5 aliphatic rings. The topological polar surface area (TPSA) is 84.5 Å². The molecular weight excluding hydrogens is 388 g/mol. The Bertz CT molecular complexity index is 820. The van der Waals surface area contributed by atoms with E-state index in [1.54, 1.807) is 0 Å². The van der Waals surface area contributed by atoms with Crippen LogP contribution in [0.25, 0.3) is 0 Å². The fraction of sp³-hybridized carbons (Fsp3) is 0.591. The van der Waals surface area contributed by atoms with Crippen molar-refractivity contribution < 1.29 is 19.1 Å². The lowest BCUT2D eigenvalue weighted by Gasteiger charge is -2.56. The highest BCUT2D eigenvalue weighted by atomic mass is 32.2. The molecule has 0 aromatic heterocycles. The zero-order valence-electron chi connectivity index (χ0n) is 16.3. The second kappa shape index (κ2) is 7.35. The molecule has 1 heterocycles. The van der Waals surface area contributed by atoms with Crippen LogP contribution in [-0.2, 0) is 19.1 Å². The van der Waals surface area contributed by atoms with Gasteiger partial charge in [-0.2, -0.15) is 0 Å². The fourth-order valence-corrected chi connectivity index (χ4v) is 7.27. The Hall–Kier alpha value is -2.02. The summed E-state index contributed by atoms with van der Waals surface area (Å²) in [6.07, 6.45) is 7.09. The highest BCUT2D eigenvalue weighted by Gasteiger charge is 2.51. The van der Waals surface area contributed by atoms with Gasteiger partial charge in [-0.15, -0.1) is 11.8 Å². The number of nitrogens with one attached hydrogen (secondary N) is 2. The summed E-state index contributed by atoms with van der Waals surface area (Å²) in [6.45, 7) is -0.268. The highest BCUT2D eigenvalue weighted by Crippen LogP contribution is 2.55. The van der Waals surface area contributed by atoms with Crippen LogP contribution in [0.5, 0.6) is 0 Å². The average molecular weight is 415 g/mol. The number of fused-ring (bicyclic) bond motifs is 1. The van der Waals surface area contributed by atoms with E-state index < -0.39 is 11.2 Å². The Morgan fingerprint density at radius 3 is 2.45 bits per heavy atom. The quantitative estimate of drug-likeness (QED) is 0.723. The number of rotatable bonds is 5. The summed E-state index contributed by atoms with van der Waals surface area (Å²) in [5, 5.41) is 5.49. The summed E-state index contributed by atoms with van der Waals surface area (Å²) in [6, 6.07) is 7.50. The Balaban J connectivity index is 1.12. The number of amides is 2. The molecule has 1 atom stereocenters. The average Bonchev–Trinajstić information content (AvgIpc) is 2.65.